The summed E-state index contributed by atoms with van der Waals surface area (Å²) < 4.78 is 17.1. The lowest BCUT2D eigenvalue weighted by Gasteiger charge is -2.16. The highest BCUT2D eigenvalue weighted by atomic mass is 16.5. The third-order valence-electron chi connectivity index (χ3n) is 7.06. The van der Waals surface area contributed by atoms with E-state index in [-0.39, 0.29) is 18.0 Å². The first kappa shape index (κ1) is 28.3. The van der Waals surface area contributed by atoms with Gasteiger partial charge in [-0.1, -0.05) is 12.6 Å². The summed E-state index contributed by atoms with van der Waals surface area (Å²) in [5.74, 6) is 2.28. The van der Waals surface area contributed by atoms with Crippen LogP contribution >= 0.6 is 0 Å². The van der Waals surface area contributed by atoms with Crippen molar-refractivity contribution in [3.63, 3.8) is 0 Å². The number of likely N-dealkylation sites (tertiary alicyclic amines) is 1. The summed E-state index contributed by atoms with van der Waals surface area (Å²) in [7, 11) is 3.16. The molecule has 10 nitrogen and oxygen atoms in total. The van der Waals surface area contributed by atoms with E-state index in [1.165, 1.54) is 6.08 Å². The number of ether oxygens (including phenoxy) is 3. The number of nitrogens with one attached hydrogen (secondary N) is 3. The zero-order valence-corrected chi connectivity index (χ0v) is 23.8. The van der Waals surface area contributed by atoms with Crippen LogP contribution in [0.3, 0.4) is 0 Å². The second kappa shape index (κ2) is 12.5. The molecular weight excluding hydrogens is 534 g/mol. The Labute approximate surface area is 244 Å². The highest BCUT2D eigenvalue weighted by Gasteiger charge is 2.24. The number of benzene rings is 3. The molecule has 10 heteroatoms. The van der Waals surface area contributed by atoms with Crippen LogP contribution in [0.4, 0.5) is 21.9 Å². The first-order valence-electron chi connectivity index (χ1n) is 13.5. The molecule has 2 heterocycles. The minimum Gasteiger partial charge on any atom is -0.493 e. The maximum absolute atomic E-state index is 12.8. The number of fused-ring (bicyclic) bond motifs is 1. The molecule has 0 bridgehead atoms. The lowest BCUT2D eigenvalue weighted by atomic mass is 10.1. The molecule has 1 atom stereocenters. The smallest absolute Gasteiger partial charge is 0.323 e. The molecule has 1 aliphatic heterocycles. The molecule has 3 aromatic carbocycles. The van der Waals surface area contributed by atoms with Gasteiger partial charge in [0.15, 0.2) is 11.5 Å². The van der Waals surface area contributed by atoms with E-state index < -0.39 is 0 Å². The van der Waals surface area contributed by atoms with Crippen molar-refractivity contribution in [2.24, 2.45) is 0 Å². The Hall–Kier alpha value is -5.25. The van der Waals surface area contributed by atoms with E-state index in [9.17, 15) is 9.59 Å². The maximum atomic E-state index is 12.8. The fraction of sp³-hybridized carbons (Fsp3) is 0.219. The summed E-state index contributed by atoms with van der Waals surface area (Å²) in [6.07, 6.45) is 3.88. The second-order valence-corrected chi connectivity index (χ2v) is 9.89. The van der Waals surface area contributed by atoms with E-state index in [2.05, 4.69) is 27.5 Å². The van der Waals surface area contributed by atoms with Gasteiger partial charge in [-0.25, -0.2) is 4.79 Å². The van der Waals surface area contributed by atoms with Gasteiger partial charge in [0.25, 0.3) is 0 Å². The van der Waals surface area contributed by atoms with Crippen molar-refractivity contribution < 1.29 is 23.8 Å². The van der Waals surface area contributed by atoms with Crippen LogP contribution in [0.1, 0.15) is 12.0 Å². The molecule has 0 aliphatic carbocycles. The quantitative estimate of drug-likeness (QED) is 0.207. The molecule has 1 aromatic heterocycles. The van der Waals surface area contributed by atoms with Gasteiger partial charge >= 0.3 is 6.03 Å². The molecule has 0 radical (unpaired) electrons. The van der Waals surface area contributed by atoms with Crippen LogP contribution in [0.2, 0.25) is 0 Å². The summed E-state index contributed by atoms with van der Waals surface area (Å²) in [4.78, 5) is 30.8. The summed E-state index contributed by atoms with van der Waals surface area (Å²) in [5.41, 5.74) is 3.73. The number of nitrogens with zero attached hydrogens (tertiary/aromatic N) is 2. The number of hydrogen-bond donors (Lipinski definition) is 3. The summed E-state index contributed by atoms with van der Waals surface area (Å²) in [5, 5.41) is 9.92. The molecule has 1 saturated heterocycles. The predicted octanol–water partition coefficient (Wildman–Crippen LogP) is 6.20. The lowest BCUT2D eigenvalue weighted by molar-refractivity contribution is -0.125. The molecule has 3 amide bonds. The molecule has 1 aliphatic rings. The van der Waals surface area contributed by atoms with Gasteiger partial charge in [-0.3, -0.25) is 9.78 Å². The van der Waals surface area contributed by atoms with Crippen LogP contribution in [0.15, 0.2) is 79.5 Å². The van der Waals surface area contributed by atoms with Crippen molar-refractivity contribution >= 4 is 39.9 Å². The van der Waals surface area contributed by atoms with E-state index in [1.807, 2.05) is 49.4 Å². The molecule has 42 heavy (non-hydrogen) atoms. The Morgan fingerprint density at radius 3 is 2.33 bits per heavy atom. The number of aromatic nitrogens is 1. The molecule has 5 rings (SSSR count). The Morgan fingerprint density at radius 1 is 0.905 bits per heavy atom. The molecule has 0 saturated carbocycles. The van der Waals surface area contributed by atoms with Gasteiger partial charge in [-0.2, -0.15) is 0 Å². The largest absolute Gasteiger partial charge is 0.493 e. The van der Waals surface area contributed by atoms with Crippen LogP contribution in [-0.2, 0) is 4.79 Å². The van der Waals surface area contributed by atoms with E-state index >= 15 is 0 Å². The first-order chi connectivity index (χ1) is 20.4. The topological polar surface area (TPSA) is 114 Å². The number of carbonyl (C=O) groups is 2. The Morgan fingerprint density at radius 2 is 1.60 bits per heavy atom. The number of carbonyl (C=O) groups excluding carboxylic acids is 2. The van der Waals surface area contributed by atoms with Gasteiger partial charge in [0.05, 0.1) is 19.7 Å². The zero-order chi connectivity index (χ0) is 29.6. The number of anilines is 3. The van der Waals surface area contributed by atoms with E-state index in [4.69, 9.17) is 14.2 Å². The average Bonchev–Trinajstić information content (AvgIpc) is 3.47. The van der Waals surface area contributed by atoms with Crippen molar-refractivity contribution in [2.45, 2.75) is 19.4 Å². The SMILES string of the molecule is C=CC(=O)N1CCC(Nc2ccc(NC(=O)Nc3ccc(C)c(Oc4ccnc5cc(OC)c(OC)cc45)c3)cc2)C1. The van der Waals surface area contributed by atoms with Crippen LogP contribution < -0.4 is 30.2 Å². The van der Waals surface area contributed by atoms with Crippen LogP contribution in [0.5, 0.6) is 23.0 Å². The lowest BCUT2D eigenvalue weighted by Crippen LogP contribution is -2.30. The highest BCUT2D eigenvalue weighted by molar-refractivity contribution is 6.00. The predicted molar refractivity (Wildman–Crippen MR) is 164 cm³/mol. The minimum atomic E-state index is -0.383. The Bertz CT molecular complexity index is 1620. The van der Waals surface area contributed by atoms with Gasteiger partial charge in [-0.15, -0.1) is 0 Å². The van der Waals surface area contributed by atoms with Gasteiger partial charge in [-0.05, 0) is 67.4 Å². The van der Waals surface area contributed by atoms with Gasteiger partial charge in [0.1, 0.15) is 11.5 Å². The molecule has 0 spiro atoms. The molecular formula is C32H33N5O5. The number of amides is 3. The standard InChI is InChI=1S/C32H33N5O5/c1-5-31(38)37-15-13-24(19-37)34-21-8-10-22(11-9-21)35-32(39)36-23-7-6-20(2)28(16-23)42-27-12-14-33-26-18-30(41-4)29(40-3)17-25(26)27/h5-12,14,16-18,24,34H,1,13,15,19H2,2-4H3,(H2,35,36,39). The number of rotatable bonds is 9. The van der Waals surface area contributed by atoms with Crippen molar-refractivity contribution in [3.05, 3.63) is 85.1 Å². The van der Waals surface area contributed by atoms with Crippen LogP contribution in [0.25, 0.3) is 10.9 Å². The molecule has 1 fully saturated rings. The molecule has 1 unspecified atom stereocenters. The summed E-state index contributed by atoms with van der Waals surface area (Å²) in [6.45, 7) is 6.83. The van der Waals surface area contributed by atoms with Gasteiger partial charge in [0.2, 0.25) is 5.91 Å². The number of hydrogen-bond acceptors (Lipinski definition) is 7. The number of pyridine rings is 1. The number of urea groups is 1. The van der Waals surface area contributed by atoms with E-state index in [0.29, 0.717) is 53.0 Å². The monoisotopic (exact) mass is 567 g/mol. The van der Waals surface area contributed by atoms with E-state index in [1.54, 1.807) is 43.5 Å². The van der Waals surface area contributed by atoms with Gasteiger partial charge < -0.3 is 35.1 Å². The van der Waals surface area contributed by atoms with Crippen molar-refractivity contribution in [1.82, 2.24) is 9.88 Å². The normalized spacial score (nSPS) is 14.3. The number of aryl methyl sites for hydroxylation is 1. The zero-order valence-electron chi connectivity index (χ0n) is 23.8. The van der Waals surface area contributed by atoms with Gasteiger partial charge in [0, 0.05) is 59.9 Å². The first-order valence-corrected chi connectivity index (χ1v) is 13.5. The third-order valence-corrected chi connectivity index (χ3v) is 7.06. The van der Waals surface area contributed by atoms with Crippen molar-refractivity contribution in [3.8, 4) is 23.0 Å². The van der Waals surface area contributed by atoms with Crippen molar-refractivity contribution in [2.75, 3.05) is 43.3 Å². The maximum Gasteiger partial charge on any atom is 0.323 e. The second-order valence-electron chi connectivity index (χ2n) is 9.89. The Balaban J connectivity index is 1.22. The summed E-state index contributed by atoms with van der Waals surface area (Å²) >= 11 is 0. The highest BCUT2D eigenvalue weighted by Crippen LogP contribution is 2.38. The number of methoxy groups -OCH3 is 2. The van der Waals surface area contributed by atoms with Crippen molar-refractivity contribution in [1.29, 1.82) is 0 Å². The fourth-order valence-corrected chi connectivity index (χ4v) is 4.83. The van der Waals surface area contributed by atoms with Crippen LogP contribution in [-0.4, -0.2) is 55.2 Å². The molecule has 3 N–H and O–H groups in total. The molecule has 4 aromatic rings. The summed E-state index contributed by atoms with van der Waals surface area (Å²) in [6, 6.07) is 18.1. The van der Waals surface area contributed by atoms with Crippen LogP contribution in [0, 0.1) is 6.92 Å². The molecule has 216 valence electrons. The fourth-order valence-electron chi connectivity index (χ4n) is 4.83. The minimum absolute atomic E-state index is 0.0512. The third kappa shape index (κ3) is 6.38. The Kier molecular flexibility index (Phi) is 8.42. The van der Waals surface area contributed by atoms with E-state index in [0.717, 1.165) is 23.1 Å². The average molecular weight is 568 g/mol.